The number of urea groups is 1. The Labute approximate surface area is 147 Å². The van der Waals surface area contributed by atoms with Crippen molar-refractivity contribution in [2.45, 2.75) is 18.4 Å². The van der Waals surface area contributed by atoms with E-state index in [0.29, 0.717) is 30.0 Å². The molecule has 1 aliphatic heterocycles. The van der Waals surface area contributed by atoms with E-state index in [0.717, 1.165) is 13.0 Å². The van der Waals surface area contributed by atoms with Gasteiger partial charge in [0.1, 0.15) is 5.75 Å². The van der Waals surface area contributed by atoms with E-state index >= 15 is 0 Å². The molecule has 8 nitrogen and oxygen atoms in total. The highest BCUT2D eigenvalue weighted by molar-refractivity contribution is 5.99. The second-order valence-electron chi connectivity index (χ2n) is 6.43. The van der Waals surface area contributed by atoms with Crippen molar-refractivity contribution < 1.29 is 19.4 Å². The number of nitrogens with zero attached hydrogens (tertiary/aromatic N) is 1. The summed E-state index contributed by atoms with van der Waals surface area (Å²) in [6, 6.07) is 4.41. The quantitative estimate of drug-likeness (QED) is 0.624. The summed E-state index contributed by atoms with van der Waals surface area (Å²) in [5.74, 6) is 0.218. The molecule has 1 fully saturated rings. The van der Waals surface area contributed by atoms with Gasteiger partial charge in [-0.15, -0.1) is 0 Å². The minimum Gasteiger partial charge on any atom is -0.496 e. The number of carbonyl (C=O) groups excluding carboxylic acids is 2. The van der Waals surface area contributed by atoms with E-state index in [-0.39, 0.29) is 12.5 Å². The highest BCUT2D eigenvalue weighted by Gasteiger charge is 2.29. The summed E-state index contributed by atoms with van der Waals surface area (Å²) in [6.45, 7) is 1.49. The largest absolute Gasteiger partial charge is 0.496 e. The number of methoxy groups -OCH3 is 1. The summed E-state index contributed by atoms with van der Waals surface area (Å²) in [6.07, 6.45) is 1.51. The van der Waals surface area contributed by atoms with Gasteiger partial charge in [0.15, 0.2) is 0 Å². The fraction of sp³-hybridized carbons (Fsp3) is 0.529. The fourth-order valence-corrected chi connectivity index (χ4v) is 2.72. The molecule has 2 rings (SSSR count). The minimum absolute atomic E-state index is 0.158. The number of β-amino-alcohol motifs (C(OH)–C–C–N with tert-alkyl or cyclic N) is 1. The maximum atomic E-state index is 12.2. The van der Waals surface area contributed by atoms with E-state index in [9.17, 15) is 14.7 Å². The standard InChI is InChI=1S/C17H26N4O4/c1-21(2)15(22)13-9-12(5-6-14(13)25-3)20-16(23)19-11-17(24)7-4-8-18-10-17/h5-6,9,18,24H,4,7-8,10-11H2,1-3H3,(H2,19,20,23)/t17-/m1/s1. The molecule has 0 spiro atoms. The van der Waals surface area contributed by atoms with Crippen molar-refractivity contribution >= 4 is 17.6 Å². The predicted molar refractivity (Wildman–Crippen MR) is 95.1 cm³/mol. The molecule has 3 amide bonds. The third kappa shape index (κ3) is 5.07. The van der Waals surface area contributed by atoms with Crippen LogP contribution < -0.4 is 20.7 Å². The Morgan fingerprint density at radius 1 is 1.40 bits per heavy atom. The smallest absolute Gasteiger partial charge is 0.319 e. The van der Waals surface area contributed by atoms with E-state index in [1.165, 1.54) is 12.0 Å². The number of hydrogen-bond donors (Lipinski definition) is 4. The first-order chi connectivity index (χ1) is 11.8. The van der Waals surface area contributed by atoms with Crippen LogP contribution >= 0.6 is 0 Å². The third-order valence-corrected chi connectivity index (χ3v) is 4.12. The Kier molecular flexibility index (Phi) is 6.22. The predicted octanol–water partition coefficient (Wildman–Crippen LogP) is 0.633. The van der Waals surface area contributed by atoms with Gasteiger partial charge in [0.05, 0.1) is 18.3 Å². The molecule has 8 heteroatoms. The van der Waals surface area contributed by atoms with Gasteiger partial charge in [-0.25, -0.2) is 4.79 Å². The third-order valence-electron chi connectivity index (χ3n) is 4.12. The highest BCUT2D eigenvalue weighted by Crippen LogP contribution is 2.23. The molecule has 0 aromatic heterocycles. The van der Waals surface area contributed by atoms with Gasteiger partial charge >= 0.3 is 6.03 Å². The fourth-order valence-electron chi connectivity index (χ4n) is 2.72. The van der Waals surface area contributed by atoms with Crippen LogP contribution in [-0.2, 0) is 0 Å². The number of nitrogens with one attached hydrogen (secondary N) is 3. The molecule has 1 aliphatic rings. The molecule has 0 aliphatic carbocycles. The van der Waals surface area contributed by atoms with Gasteiger partial charge in [0.2, 0.25) is 0 Å². The van der Waals surface area contributed by atoms with Crippen LogP contribution in [0.3, 0.4) is 0 Å². The van der Waals surface area contributed by atoms with E-state index in [2.05, 4.69) is 16.0 Å². The van der Waals surface area contributed by atoms with Crippen molar-refractivity contribution in [3.63, 3.8) is 0 Å². The van der Waals surface area contributed by atoms with Gasteiger partial charge in [-0.3, -0.25) is 4.79 Å². The number of aliphatic hydroxyl groups is 1. The van der Waals surface area contributed by atoms with Crippen LogP contribution in [0.25, 0.3) is 0 Å². The normalized spacial score (nSPS) is 19.8. The first kappa shape index (κ1) is 19.0. The minimum atomic E-state index is -0.929. The van der Waals surface area contributed by atoms with Gasteiger partial charge in [-0.1, -0.05) is 0 Å². The zero-order valence-electron chi connectivity index (χ0n) is 14.9. The van der Waals surface area contributed by atoms with E-state index < -0.39 is 11.6 Å². The summed E-state index contributed by atoms with van der Waals surface area (Å²) in [7, 11) is 4.78. The van der Waals surface area contributed by atoms with Crippen LogP contribution in [0.1, 0.15) is 23.2 Å². The topological polar surface area (TPSA) is 103 Å². The van der Waals surface area contributed by atoms with Crippen LogP contribution in [0.5, 0.6) is 5.75 Å². The average molecular weight is 350 g/mol. The highest BCUT2D eigenvalue weighted by atomic mass is 16.5. The van der Waals surface area contributed by atoms with Gasteiger partial charge < -0.3 is 30.7 Å². The summed E-state index contributed by atoms with van der Waals surface area (Å²) in [5, 5.41) is 18.8. The first-order valence-corrected chi connectivity index (χ1v) is 8.22. The molecule has 1 aromatic carbocycles. The zero-order chi connectivity index (χ0) is 18.4. The van der Waals surface area contributed by atoms with Crippen molar-refractivity contribution in [3.05, 3.63) is 23.8 Å². The number of rotatable bonds is 5. The maximum absolute atomic E-state index is 12.2. The number of benzene rings is 1. The lowest BCUT2D eigenvalue weighted by Crippen LogP contribution is -2.53. The number of carbonyl (C=O) groups is 2. The molecule has 1 atom stereocenters. The van der Waals surface area contributed by atoms with Crippen molar-refractivity contribution in [1.29, 1.82) is 0 Å². The molecule has 0 unspecified atom stereocenters. The Hall–Kier alpha value is -2.32. The molecular weight excluding hydrogens is 324 g/mol. The van der Waals surface area contributed by atoms with E-state index in [1.807, 2.05) is 0 Å². The number of anilines is 1. The van der Waals surface area contributed by atoms with Crippen LogP contribution in [0.15, 0.2) is 18.2 Å². The second kappa shape index (κ2) is 8.17. The molecule has 0 radical (unpaired) electrons. The van der Waals surface area contributed by atoms with Gasteiger partial charge in [-0.05, 0) is 37.6 Å². The van der Waals surface area contributed by atoms with Crippen molar-refractivity contribution in [2.75, 3.05) is 46.2 Å². The molecule has 4 N–H and O–H groups in total. The van der Waals surface area contributed by atoms with Crippen LogP contribution in [-0.4, -0.2) is 68.4 Å². The molecule has 1 heterocycles. The molecule has 138 valence electrons. The van der Waals surface area contributed by atoms with Crippen molar-refractivity contribution in [1.82, 2.24) is 15.5 Å². The molecule has 25 heavy (non-hydrogen) atoms. The lowest BCUT2D eigenvalue weighted by molar-refractivity contribution is 0.0198. The second-order valence-corrected chi connectivity index (χ2v) is 6.43. The van der Waals surface area contributed by atoms with Crippen LogP contribution in [0.2, 0.25) is 0 Å². The van der Waals surface area contributed by atoms with Gasteiger partial charge in [0.25, 0.3) is 5.91 Å². The van der Waals surface area contributed by atoms with Crippen LogP contribution in [0.4, 0.5) is 10.5 Å². The zero-order valence-corrected chi connectivity index (χ0v) is 14.9. The van der Waals surface area contributed by atoms with Gasteiger partial charge in [-0.2, -0.15) is 0 Å². The molecule has 1 aromatic rings. The summed E-state index contributed by atoms with van der Waals surface area (Å²) >= 11 is 0. The summed E-state index contributed by atoms with van der Waals surface area (Å²) in [5.41, 5.74) is -0.0978. The number of piperidine rings is 1. The molecular formula is C17H26N4O4. The monoisotopic (exact) mass is 350 g/mol. The Balaban J connectivity index is 2.00. The average Bonchev–Trinajstić information content (AvgIpc) is 2.60. The number of hydrogen-bond acceptors (Lipinski definition) is 5. The molecule has 1 saturated heterocycles. The number of ether oxygens (including phenoxy) is 1. The first-order valence-electron chi connectivity index (χ1n) is 8.22. The van der Waals surface area contributed by atoms with E-state index in [1.54, 1.807) is 32.3 Å². The molecule has 0 saturated carbocycles. The van der Waals surface area contributed by atoms with Crippen molar-refractivity contribution in [2.24, 2.45) is 0 Å². The van der Waals surface area contributed by atoms with Crippen LogP contribution in [0, 0.1) is 0 Å². The Morgan fingerprint density at radius 3 is 2.76 bits per heavy atom. The van der Waals surface area contributed by atoms with Gasteiger partial charge in [0, 0.05) is 32.9 Å². The Bertz CT molecular complexity index is 627. The lowest BCUT2D eigenvalue weighted by Gasteiger charge is -2.32. The lowest BCUT2D eigenvalue weighted by atomic mass is 9.94. The summed E-state index contributed by atoms with van der Waals surface area (Å²) in [4.78, 5) is 25.7. The summed E-state index contributed by atoms with van der Waals surface area (Å²) < 4.78 is 5.20. The SMILES string of the molecule is COc1ccc(NC(=O)NC[C@@]2(O)CCCNC2)cc1C(=O)N(C)C. The molecule has 0 bridgehead atoms. The Morgan fingerprint density at radius 2 is 2.16 bits per heavy atom. The maximum Gasteiger partial charge on any atom is 0.319 e. The number of amides is 3. The van der Waals surface area contributed by atoms with E-state index in [4.69, 9.17) is 4.74 Å². The van der Waals surface area contributed by atoms with Crippen molar-refractivity contribution in [3.8, 4) is 5.75 Å².